The Morgan fingerprint density at radius 1 is 1.26 bits per heavy atom. The molecule has 5 nitrogen and oxygen atoms in total. The Morgan fingerprint density at radius 2 is 2.05 bits per heavy atom. The number of hydrogen-bond donors (Lipinski definition) is 3. The van der Waals surface area contributed by atoms with E-state index >= 15 is 0 Å². The van der Waals surface area contributed by atoms with Crippen LogP contribution in [0.1, 0.15) is 32.1 Å². The number of nitrogens with one attached hydrogen (secondary N) is 1. The predicted octanol–water partition coefficient (Wildman–Crippen LogP) is 0.534. The molecule has 0 spiro atoms. The molecule has 0 aromatic carbocycles. The first-order valence-corrected chi connectivity index (χ1v) is 7.45. The Balaban J connectivity index is 1.81. The first-order valence-electron chi connectivity index (χ1n) is 7.45. The minimum atomic E-state index is -0.735. The maximum Gasteiger partial charge on any atom is 0.317 e. The van der Waals surface area contributed by atoms with Crippen LogP contribution in [0.2, 0.25) is 0 Å². The maximum atomic E-state index is 10.9. The van der Waals surface area contributed by atoms with Gasteiger partial charge in [0.2, 0.25) is 0 Å². The summed E-state index contributed by atoms with van der Waals surface area (Å²) in [5, 5.41) is 21.2. The van der Waals surface area contributed by atoms with E-state index in [0.717, 1.165) is 38.4 Å². The van der Waals surface area contributed by atoms with Gasteiger partial charge in [0.05, 0.1) is 6.54 Å². The lowest BCUT2D eigenvalue weighted by atomic mass is 9.89. The normalized spacial score (nSPS) is 28.5. The number of hydrogen-bond acceptors (Lipinski definition) is 4. The van der Waals surface area contributed by atoms with E-state index in [0.29, 0.717) is 12.0 Å². The van der Waals surface area contributed by atoms with Gasteiger partial charge in [-0.1, -0.05) is 12.8 Å². The molecule has 0 amide bonds. The van der Waals surface area contributed by atoms with Crippen LogP contribution in [0.15, 0.2) is 0 Å². The van der Waals surface area contributed by atoms with E-state index in [1.165, 1.54) is 19.3 Å². The van der Waals surface area contributed by atoms with Gasteiger partial charge in [-0.25, -0.2) is 0 Å². The molecular weight excluding hydrogens is 244 g/mol. The molecule has 0 bridgehead atoms. The molecule has 5 heteroatoms. The second kappa shape index (κ2) is 7.22. The number of aliphatic carboxylic acids is 1. The molecule has 3 N–H and O–H groups in total. The van der Waals surface area contributed by atoms with E-state index in [1.54, 1.807) is 0 Å². The number of piperidine rings is 1. The predicted molar refractivity (Wildman–Crippen MR) is 73.0 cm³/mol. The Bertz CT molecular complexity index is 294. The third kappa shape index (κ3) is 5.47. The fraction of sp³-hybridized carbons (Fsp3) is 0.929. The summed E-state index contributed by atoms with van der Waals surface area (Å²) in [5.74, 6) is 0.793. The van der Waals surface area contributed by atoms with Gasteiger partial charge in [-0.3, -0.25) is 9.69 Å². The zero-order valence-corrected chi connectivity index (χ0v) is 11.6. The van der Waals surface area contributed by atoms with Gasteiger partial charge in [0.25, 0.3) is 0 Å². The zero-order valence-electron chi connectivity index (χ0n) is 11.6. The molecule has 110 valence electrons. The number of aliphatic hydroxyl groups is 1. The van der Waals surface area contributed by atoms with Crippen LogP contribution in [0.4, 0.5) is 0 Å². The van der Waals surface area contributed by atoms with Gasteiger partial charge in [0, 0.05) is 25.7 Å². The van der Waals surface area contributed by atoms with E-state index in [1.807, 2.05) is 0 Å². The van der Waals surface area contributed by atoms with Crippen molar-refractivity contribution >= 4 is 5.97 Å². The topological polar surface area (TPSA) is 72.8 Å². The Morgan fingerprint density at radius 3 is 2.68 bits per heavy atom. The van der Waals surface area contributed by atoms with E-state index in [9.17, 15) is 4.79 Å². The molecule has 1 saturated heterocycles. The van der Waals surface area contributed by atoms with Gasteiger partial charge in [0.15, 0.2) is 0 Å². The number of carboxylic acid groups (broad SMARTS) is 1. The Hall–Kier alpha value is -0.650. The second-order valence-electron chi connectivity index (χ2n) is 6.10. The monoisotopic (exact) mass is 270 g/mol. The van der Waals surface area contributed by atoms with Gasteiger partial charge >= 0.3 is 5.97 Å². The summed E-state index contributed by atoms with van der Waals surface area (Å²) in [7, 11) is 0. The molecule has 2 rings (SSSR count). The fourth-order valence-corrected chi connectivity index (χ4v) is 3.15. The minimum absolute atomic E-state index is 0.152. The molecule has 0 aromatic rings. The molecule has 2 unspecified atom stereocenters. The van der Waals surface area contributed by atoms with E-state index in [-0.39, 0.29) is 13.2 Å². The third-order valence-electron chi connectivity index (χ3n) is 4.10. The summed E-state index contributed by atoms with van der Waals surface area (Å²) in [6.45, 7) is 2.93. The van der Waals surface area contributed by atoms with Crippen LogP contribution in [0, 0.1) is 11.8 Å². The highest BCUT2D eigenvalue weighted by Gasteiger charge is 2.32. The average molecular weight is 270 g/mol. The number of carbonyl (C=O) groups is 1. The van der Waals surface area contributed by atoms with Gasteiger partial charge in [-0.15, -0.1) is 0 Å². The molecule has 1 aliphatic carbocycles. The van der Waals surface area contributed by atoms with Crippen LogP contribution in [-0.2, 0) is 4.79 Å². The number of aliphatic hydroxyl groups excluding tert-OH is 1. The van der Waals surface area contributed by atoms with Crippen LogP contribution >= 0.6 is 0 Å². The minimum Gasteiger partial charge on any atom is -0.480 e. The van der Waals surface area contributed by atoms with Crippen LogP contribution in [0.3, 0.4) is 0 Å². The second-order valence-corrected chi connectivity index (χ2v) is 6.10. The highest BCUT2D eigenvalue weighted by atomic mass is 16.4. The van der Waals surface area contributed by atoms with Crippen LogP contribution in [-0.4, -0.2) is 59.9 Å². The van der Waals surface area contributed by atoms with E-state index < -0.39 is 5.97 Å². The first kappa shape index (κ1) is 14.8. The summed E-state index contributed by atoms with van der Waals surface area (Å²) in [4.78, 5) is 12.9. The molecule has 0 radical (unpaired) electrons. The first-order chi connectivity index (χ1) is 9.17. The Kier molecular flexibility index (Phi) is 5.60. The van der Waals surface area contributed by atoms with Crippen LogP contribution in [0.5, 0.6) is 0 Å². The van der Waals surface area contributed by atoms with Crippen molar-refractivity contribution in [2.45, 2.75) is 38.1 Å². The molecule has 1 heterocycles. The smallest absolute Gasteiger partial charge is 0.317 e. The molecule has 0 aromatic heterocycles. The van der Waals surface area contributed by atoms with Crippen molar-refractivity contribution in [3.05, 3.63) is 0 Å². The average Bonchev–Trinajstić information content (AvgIpc) is 3.12. The highest BCUT2D eigenvalue weighted by Crippen LogP contribution is 2.37. The zero-order chi connectivity index (χ0) is 13.7. The summed E-state index contributed by atoms with van der Waals surface area (Å²) < 4.78 is 0. The number of carboxylic acids is 1. The van der Waals surface area contributed by atoms with Gasteiger partial charge in [-0.2, -0.15) is 0 Å². The molecule has 19 heavy (non-hydrogen) atoms. The lowest BCUT2D eigenvalue weighted by Gasteiger charge is -2.37. The Labute approximate surface area is 115 Å². The lowest BCUT2D eigenvalue weighted by molar-refractivity contribution is -0.138. The van der Waals surface area contributed by atoms with Crippen molar-refractivity contribution in [1.82, 2.24) is 10.2 Å². The fourth-order valence-electron chi connectivity index (χ4n) is 3.15. The van der Waals surface area contributed by atoms with E-state index in [4.69, 9.17) is 10.2 Å². The number of rotatable bonds is 8. The van der Waals surface area contributed by atoms with Crippen LogP contribution in [0.25, 0.3) is 0 Å². The standard InChI is InChI=1S/C14H26N2O3/c17-5-1-4-15-13-7-12(6-11-2-3-11)8-16(9-13)10-14(18)19/h11-13,15,17H,1-10H2,(H,18,19). The lowest BCUT2D eigenvalue weighted by Crippen LogP contribution is -2.50. The maximum absolute atomic E-state index is 10.9. The van der Waals surface area contributed by atoms with Crippen molar-refractivity contribution < 1.29 is 15.0 Å². The molecule has 2 aliphatic rings. The molecule has 1 aliphatic heterocycles. The largest absolute Gasteiger partial charge is 0.480 e. The van der Waals surface area contributed by atoms with Crippen molar-refractivity contribution in [3.63, 3.8) is 0 Å². The highest BCUT2D eigenvalue weighted by molar-refractivity contribution is 5.69. The van der Waals surface area contributed by atoms with Crippen molar-refractivity contribution in [2.75, 3.05) is 32.8 Å². The molecule has 1 saturated carbocycles. The quantitative estimate of drug-likeness (QED) is 0.561. The SMILES string of the molecule is O=C(O)CN1CC(CC2CC2)CC(NCCCO)C1. The molecule has 2 fully saturated rings. The summed E-state index contributed by atoms with van der Waals surface area (Å²) in [5.41, 5.74) is 0. The number of nitrogens with zero attached hydrogens (tertiary/aromatic N) is 1. The van der Waals surface area contributed by atoms with Gasteiger partial charge in [0.1, 0.15) is 0 Å². The summed E-state index contributed by atoms with van der Waals surface area (Å²) in [6, 6.07) is 0.378. The van der Waals surface area contributed by atoms with Gasteiger partial charge in [-0.05, 0) is 37.6 Å². The summed E-state index contributed by atoms with van der Waals surface area (Å²) >= 11 is 0. The summed E-state index contributed by atoms with van der Waals surface area (Å²) in [6.07, 6.45) is 5.89. The third-order valence-corrected chi connectivity index (χ3v) is 4.10. The van der Waals surface area contributed by atoms with Gasteiger partial charge < -0.3 is 15.5 Å². The van der Waals surface area contributed by atoms with E-state index in [2.05, 4.69) is 10.2 Å². The molecular formula is C14H26N2O3. The van der Waals surface area contributed by atoms with Crippen molar-refractivity contribution in [1.29, 1.82) is 0 Å². The molecule has 2 atom stereocenters. The van der Waals surface area contributed by atoms with Crippen molar-refractivity contribution in [2.24, 2.45) is 11.8 Å². The van der Waals surface area contributed by atoms with Crippen LogP contribution < -0.4 is 5.32 Å². The number of likely N-dealkylation sites (tertiary alicyclic amines) is 1. The van der Waals surface area contributed by atoms with Crippen molar-refractivity contribution in [3.8, 4) is 0 Å².